The Bertz CT molecular complexity index is 584. The Hall–Kier alpha value is -0.980. The van der Waals surface area contributed by atoms with E-state index in [1.54, 1.807) is 12.1 Å². The van der Waals surface area contributed by atoms with Crippen LogP contribution in [-0.2, 0) is 16.4 Å². The molecule has 6 heteroatoms. The molecule has 0 saturated carbocycles. The van der Waals surface area contributed by atoms with E-state index in [1.165, 1.54) is 12.3 Å². The zero-order valence-electron chi connectivity index (χ0n) is 13.3. The van der Waals surface area contributed by atoms with Gasteiger partial charge in [0.1, 0.15) is 5.82 Å². The third-order valence-electron chi connectivity index (χ3n) is 4.27. The molecular weight excluding hydrogens is 303 g/mol. The summed E-state index contributed by atoms with van der Waals surface area (Å²) in [6, 6.07) is 7.24. The van der Waals surface area contributed by atoms with Crippen molar-refractivity contribution >= 4 is 10.0 Å². The zero-order chi connectivity index (χ0) is 16.2. The van der Waals surface area contributed by atoms with Crippen molar-refractivity contribution in [3.8, 4) is 0 Å². The van der Waals surface area contributed by atoms with E-state index in [1.807, 2.05) is 6.07 Å². The number of benzene rings is 1. The predicted molar refractivity (Wildman–Crippen MR) is 86.8 cm³/mol. The van der Waals surface area contributed by atoms with Gasteiger partial charge in [0, 0.05) is 12.1 Å². The maximum absolute atomic E-state index is 13.2. The van der Waals surface area contributed by atoms with E-state index >= 15 is 0 Å². The SMILES string of the molecule is C[C@H](CCc1cccc(F)c1)N1CCC(NS(C)(=O)=O)CC1. The average Bonchev–Trinajstić information content (AvgIpc) is 2.44. The van der Waals surface area contributed by atoms with Crippen molar-refractivity contribution < 1.29 is 12.8 Å². The standard InChI is InChI=1S/C16H25FN2O2S/c1-13(6-7-14-4-3-5-15(17)12-14)19-10-8-16(9-11-19)18-22(2,20)21/h3-5,12-13,16,18H,6-11H2,1-2H3/t13-/m1/s1. The van der Waals surface area contributed by atoms with Gasteiger partial charge in [-0.1, -0.05) is 12.1 Å². The van der Waals surface area contributed by atoms with Crippen LogP contribution < -0.4 is 4.72 Å². The highest BCUT2D eigenvalue weighted by atomic mass is 32.2. The van der Waals surface area contributed by atoms with E-state index in [9.17, 15) is 12.8 Å². The highest BCUT2D eigenvalue weighted by Gasteiger charge is 2.24. The third-order valence-corrected chi connectivity index (χ3v) is 5.03. The Balaban J connectivity index is 1.76. The van der Waals surface area contributed by atoms with Crippen LogP contribution in [-0.4, -0.2) is 44.7 Å². The fraction of sp³-hybridized carbons (Fsp3) is 0.625. The van der Waals surface area contributed by atoms with Crippen molar-refractivity contribution in [3.63, 3.8) is 0 Å². The lowest BCUT2D eigenvalue weighted by Gasteiger charge is -2.36. The molecule has 1 aliphatic rings. The van der Waals surface area contributed by atoms with Gasteiger partial charge in [-0.2, -0.15) is 0 Å². The average molecular weight is 328 g/mol. The number of nitrogens with zero attached hydrogens (tertiary/aromatic N) is 1. The summed E-state index contributed by atoms with van der Waals surface area (Å²) >= 11 is 0. The summed E-state index contributed by atoms with van der Waals surface area (Å²) in [5, 5.41) is 0. The number of rotatable bonds is 6. The second-order valence-electron chi connectivity index (χ2n) is 6.22. The molecule has 22 heavy (non-hydrogen) atoms. The summed E-state index contributed by atoms with van der Waals surface area (Å²) in [6.07, 6.45) is 4.74. The Morgan fingerprint density at radius 3 is 2.64 bits per heavy atom. The molecule has 4 nitrogen and oxygen atoms in total. The first-order chi connectivity index (χ1) is 10.3. The predicted octanol–water partition coefficient (Wildman–Crippen LogP) is 2.16. The van der Waals surface area contributed by atoms with Crippen LogP contribution in [0.3, 0.4) is 0 Å². The van der Waals surface area contributed by atoms with E-state index in [-0.39, 0.29) is 11.9 Å². The first-order valence-corrected chi connectivity index (χ1v) is 9.68. The van der Waals surface area contributed by atoms with Gasteiger partial charge in [-0.05, 0) is 63.4 Å². The second kappa shape index (κ2) is 7.53. The molecule has 1 aromatic rings. The molecule has 1 aliphatic heterocycles. The lowest BCUT2D eigenvalue weighted by molar-refractivity contribution is 0.152. The minimum absolute atomic E-state index is 0.0571. The summed E-state index contributed by atoms with van der Waals surface area (Å²) in [7, 11) is -3.12. The summed E-state index contributed by atoms with van der Waals surface area (Å²) in [6.45, 7) is 3.98. The first-order valence-electron chi connectivity index (χ1n) is 7.79. The van der Waals surface area contributed by atoms with Crippen molar-refractivity contribution in [2.24, 2.45) is 0 Å². The Morgan fingerprint density at radius 2 is 2.05 bits per heavy atom. The van der Waals surface area contributed by atoms with Gasteiger partial charge in [-0.15, -0.1) is 0 Å². The molecule has 1 heterocycles. The monoisotopic (exact) mass is 328 g/mol. The molecule has 0 bridgehead atoms. The van der Waals surface area contributed by atoms with Crippen LogP contribution >= 0.6 is 0 Å². The lowest BCUT2D eigenvalue weighted by atomic mass is 10.0. The molecular formula is C16H25FN2O2S. The van der Waals surface area contributed by atoms with Crippen LogP contribution in [0, 0.1) is 5.82 Å². The largest absolute Gasteiger partial charge is 0.301 e. The van der Waals surface area contributed by atoms with Gasteiger partial charge < -0.3 is 4.90 Å². The van der Waals surface area contributed by atoms with E-state index < -0.39 is 10.0 Å². The number of aryl methyl sites for hydroxylation is 1. The molecule has 1 saturated heterocycles. The number of hydrogen-bond acceptors (Lipinski definition) is 3. The first kappa shape index (κ1) is 17.4. The number of piperidine rings is 1. The number of halogens is 1. The van der Waals surface area contributed by atoms with Crippen LogP contribution in [0.5, 0.6) is 0 Å². The van der Waals surface area contributed by atoms with Gasteiger partial charge in [-0.3, -0.25) is 0 Å². The number of likely N-dealkylation sites (tertiary alicyclic amines) is 1. The minimum Gasteiger partial charge on any atom is -0.301 e. The normalized spacial score (nSPS) is 19.2. The molecule has 1 atom stereocenters. The van der Waals surface area contributed by atoms with Gasteiger partial charge in [-0.25, -0.2) is 17.5 Å². The third kappa shape index (κ3) is 5.66. The summed E-state index contributed by atoms with van der Waals surface area (Å²) in [5.74, 6) is -0.183. The van der Waals surface area contributed by atoms with Crippen LogP contribution in [0.1, 0.15) is 31.7 Å². The smallest absolute Gasteiger partial charge is 0.208 e. The molecule has 0 spiro atoms. The van der Waals surface area contributed by atoms with Gasteiger partial charge in [0.15, 0.2) is 0 Å². The van der Waals surface area contributed by atoms with Crippen molar-refractivity contribution in [1.82, 2.24) is 9.62 Å². The minimum atomic E-state index is -3.12. The molecule has 124 valence electrons. The molecule has 2 rings (SSSR count). The van der Waals surface area contributed by atoms with E-state index in [2.05, 4.69) is 16.5 Å². The summed E-state index contributed by atoms with van der Waals surface area (Å²) in [5.41, 5.74) is 1.03. The van der Waals surface area contributed by atoms with Crippen molar-refractivity contribution in [2.75, 3.05) is 19.3 Å². The molecule has 0 unspecified atom stereocenters. The van der Waals surface area contributed by atoms with Crippen molar-refractivity contribution in [3.05, 3.63) is 35.6 Å². The van der Waals surface area contributed by atoms with E-state index in [0.29, 0.717) is 6.04 Å². The zero-order valence-corrected chi connectivity index (χ0v) is 14.1. The van der Waals surface area contributed by atoms with Crippen molar-refractivity contribution in [2.45, 2.75) is 44.7 Å². The Morgan fingerprint density at radius 1 is 1.36 bits per heavy atom. The topological polar surface area (TPSA) is 49.4 Å². The Kier molecular flexibility index (Phi) is 5.94. The van der Waals surface area contributed by atoms with E-state index in [0.717, 1.165) is 44.3 Å². The molecule has 1 aromatic carbocycles. The molecule has 1 N–H and O–H groups in total. The maximum atomic E-state index is 13.2. The quantitative estimate of drug-likeness (QED) is 0.870. The van der Waals surface area contributed by atoms with E-state index in [4.69, 9.17) is 0 Å². The number of hydrogen-bond donors (Lipinski definition) is 1. The summed E-state index contributed by atoms with van der Waals surface area (Å²) < 4.78 is 38.3. The van der Waals surface area contributed by atoms with Gasteiger partial charge in [0.05, 0.1) is 6.26 Å². The lowest BCUT2D eigenvalue weighted by Crippen LogP contribution is -2.47. The molecule has 0 aliphatic carbocycles. The fourth-order valence-corrected chi connectivity index (χ4v) is 3.85. The number of sulfonamides is 1. The highest BCUT2D eigenvalue weighted by molar-refractivity contribution is 7.88. The molecule has 0 aromatic heterocycles. The highest BCUT2D eigenvalue weighted by Crippen LogP contribution is 2.17. The van der Waals surface area contributed by atoms with Crippen LogP contribution in [0.15, 0.2) is 24.3 Å². The van der Waals surface area contributed by atoms with Gasteiger partial charge in [0.2, 0.25) is 10.0 Å². The van der Waals surface area contributed by atoms with Crippen LogP contribution in [0.2, 0.25) is 0 Å². The van der Waals surface area contributed by atoms with Gasteiger partial charge >= 0.3 is 0 Å². The molecule has 0 radical (unpaired) electrons. The molecule has 1 fully saturated rings. The van der Waals surface area contributed by atoms with Crippen LogP contribution in [0.4, 0.5) is 4.39 Å². The van der Waals surface area contributed by atoms with Crippen molar-refractivity contribution in [1.29, 1.82) is 0 Å². The van der Waals surface area contributed by atoms with Gasteiger partial charge in [0.25, 0.3) is 0 Å². The Labute approximate surface area is 132 Å². The second-order valence-corrected chi connectivity index (χ2v) is 8.00. The fourth-order valence-electron chi connectivity index (χ4n) is 3.01. The number of nitrogens with one attached hydrogen (secondary N) is 1. The van der Waals surface area contributed by atoms with Crippen LogP contribution in [0.25, 0.3) is 0 Å². The summed E-state index contributed by atoms with van der Waals surface area (Å²) in [4.78, 5) is 2.39. The maximum Gasteiger partial charge on any atom is 0.208 e. The molecule has 0 amide bonds.